The predicted molar refractivity (Wildman–Crippen MR) is 78.6 cm³/mol. The van der Waals surface area contributed by atoms with E-state index in [9.17, 15) is 4.39 Å². The Morgan fingerprint density at radius 1 is 1.20 bits per heavy atom. The molecule has 0 aliphatic carbocycles. The first-order valence-electron chi connectivity index (χ1n) is 6.66. The van der Waals surface area contributed by atoms with Gasteiger partial charge >= 0.3 is 0 Å². The molecule has 0 saturated heterocycles. The van der Waals surface area contributed by atoms with Crippen LogP contribution in [0.4, 0.5) is 10.1 Å². The second-order valence-electron chi connectivity index (χ2n) is 4.86. The largest absolute Gasteiger partial charge is 0.473 e. The zero-order valence-electron chi connectivity index (χ0n) is 12.0. The number of aromatic nitrogens is 1. The van der Waals surface area contributed by atoms with E-state index in [4.69, 9.17) is 4.74 Å². The SMILES string of the molecule is CNc1cccc(F)c1COc1cccc(C(C)C)n1. The summed E-state index contributed by atoms with van der Waals surface area (Å²) in [5, 5.41) is 2.96. The zero-order chi connectivity index (χ0) is 14.5. The van der Waals surface area contributed by atoms with Gasteiger partial charge in [-0.1, -0.05) is 26.0 Å². The van der Waals surface area contributed by atoms with Crippen LogP contribution in [-0.2, 0) is 6.61 Å². The smallest absolute Gasteiger partial charge is 0.213 e. The summed E-state index contributed by atoms with van der Waals surface area (Å²) in [5.41, 5.74) is 2.20. The number of benzene rings is 1. The lowest BCUT2D eigenvalue weighted by molar-refractivity contribution is 0.287. The summed E-state index contributed by atoms with van der Waals surface area (Å²) in [5.74, 6) is 0.568. The van der Waals surface area contributed by atoms with E-state index in [-0.39, 0.29) is 12.4 Å². The molecule has 3 nitrogen and oxygen atoms in total. The molecule has 2 rings (SSSR count). The van der Waals surface area contributed by atoms with Crippen molar-refractivity contribution in [3.63, 3.8) is 0 Å². The van der Waals surface area contributed by atoms with Crippen molar-refractivity contribution in [2.45, 2.75) is 26.4 Å². The van der Waals surface area contributed by atoms with Crippen LogP contribution in [0.1, 0.15) is 31.0 Å². The van der Waals surface area contributed by atoms with Crippen LogP contribution in [-0.4, -0.2) is 12.0 Å². The third-order valence-electron chi connectivity index (χ3n) is 3.09. The number of nitrogens with zero attached hydrogens (tertiary/aromatic N) is 1. The molecule has 0 spiro atoms. The van der Waals surface area contributed by atoms with Crippen LogP contribution in [0.2, 0.25) is 0 Å². The van der Waals surface area contributed by atoms with E-state index in [0.717, 1.165) is 11.4 Å². The molecule has 0 radical (unpaired) electrons. The van der Waals surface area contributed by atoms with Crippen LogP contribution in [0.5, 0.6) is 5.88 Å². The van der Waals surface area contributed by atoms with Gasteiger partial charge in [-0.15, -0.1) is 0 Å². The molecule has 0 aliphatic rings. The van der Waals surface area contributed by atoms with E-state index < -0.39 is 0 Å². The van der Waals surface area contributed by atoms with Crippen molar-refractivity contribution in [3.05, 3.63) is 53.5 Å². The Bertz CT molecular complexity index is 584. The number of nitrogens with one attached hydrogen (secondary N) is 1. The summed E-state index contributed by atoms with van der Waals surface area (Å²) in [6, 6.07) is 10.6. The van der Waals surface area contributed by atoms with Crippen LogP contribution < -0.4 is 10.1 Å². The van der Waals surface area contributed by atoms with E-state index in [1.54, 1.807) is 19.2 Å². The second kappa shape index (κ2) is 6.37. The van der Waals surface area contributed by atoms with Gasteiger partial charge in [0.25, 0.3) is 0 Å². The summed E-state index contributed by atoms with van der Waals surface area (Å²) in [6.45, 7) is 4.29. The van der Waals surface area contributed by atoms with Gasteiger partial charge in [0.2, 0.25) is 5.88 Å². The van der Waals surface area contributed by atoms with Gasteiger partial charge in [0, 0.05) is 30.1 Å². The van der Waals surface area contributed by atoms with E-state index >= 15 is 0 Å². The number of hydrogen-bond acceptors (Lipinski definition) is 3. The number of rotatable bonds is 5. The Morgan fingerprint density at radius 3 is 2.65 bits per heavy atom. The molecule has 1 aromatic carbocycles. The highest BCUT2D eigenvalue weighted by Crippen LogP contribution is 2.21. The van der Waals surface area contributed by atoms with Crippen molar-refractivity contribution in [1.29, 1.82) is 0 Å². The number of ether oxygens (including phenoxy) is 1. The number of anilines is 1. The molecule has 106 valence electrons. The van der Waals surface area contributed by atoms with E-state index in [0.29, 0.717) is 17.4 Å². The standard InChI is InChI=1S/C16H19FN2O/c1-11(2)14-7-5-9-16(19-14)20-10-12-13(17)6-4-8-15(12)18-3/h4-9,11,18H,10H2,1-3H3. The van der Waals surface area contributed by atoms with Crippen molar-refractivity contribution in [1.82, 2.24) is 4.98 Å². The Hall–Kier alpha value is -2.10. The Labute approximate surface area is 118 Å². The first-order chi connectivity index (χ1) is 9.61. The Kier molecular flexibility index (Phi) is 4.56. The molecule has 0 bridgehead atoms. The second-order valence-corrected chi connectivity index (χ2v) is 4.86. The third-order valence-corrected chi connectivity index (χ3v) is 3.09. The van der Waals surface area contributed by atoms with Crippen LogP contribution in [0.3, 0.4) is 0 Å². The molecule has 20 heavy (non-hydrogen) atoms. The van der Waals surface area contributed by atoms with E-state index in [2.05, 4.69) is 24.1 Å². The molecule has 0 unspecified atom stereocenters. The van der Waals surface area contributed by atoms with Gasteiger partial charge in [0.05, 0.1) is 0 Å². The summed E-state index contributed by atoms with van der Waals surface area (Å²) in [4.78, 5) is 4.41. The molecule has 1 aromatic heterocycles. The maximum absolute atomic E-state index is 13.8. The third kappa shape index (κ3) is 3.26. The average molecular weight is 274 g/mol. The Morgan fingerprint density at radius 2 is 1.95 bits per heavy atom. The normalized spacial score (nSPS) is 10.7. The van der Waals surface area contributed by atoms with Gasteiger partial charge in [0.1, 0.15) is 12.4 Å². The lowest BCUT2D eigenvalue weighted by Crippen LogP contribution is -2.05. The predicted octanol–water partition coefficient (Wildman–Crippen LogP) is 3.96. The van der Waals surface area contributed by atoms with Crippen molar-refractivity contribution in [2.24, 2.45) is 0 Å². The molecule has 2 aromatic rings. The molecule has 1 heterocycles. The van der Waals surface area contributed by atoms with Gasteiger partial charge in [-0.2, -0.15) is 0 Å². The zero-order valence-corrected chi connectivity index (χ0v) is 12.0. The minimum Gasteiger partial charge on any atom is -0.473 e. The van der Waals surface area contributed by atoms with E-state index in [1.807, 2.05) is 18.2 Å². The molecule has 0 atom stereocenters. The first kappa shape index (κ1) is 14.3. The monoisotopic (exact) mass is 274 g/mol. The van der Waals surface area contributed by atoms with Crippen LogP contribution >= 0.6 is 0 Å². The number of pyridine rings is 1. The lowest BCUT2D eigenvalue weighted by atomic mass is 10.1. The summed E-state index contributed by atoms with van der Waals surface area (Å²) in [7, 11) is 1.76. The summed E-state index contributed by atoms with van der Waals surface area (Å²) < 4.78 is 19.4. The maximum atomic E-state index is 13.8. The van der Waals surface area contributed by atoms with Gasteiger partial charge in [-0.05, 0) is 24.1 Å². The van der Waals surface area contributed by atoms with Gasteiger partial charge < -0.3 is 10.1 Å². The van der Waals surface area contributed by atoms with Crippen molar-refractivity contribution >= 4 is 5.69 Å². The molecule has 4 heteroatoms. The fourth-order valence-corrected chi connectivity index (χ4v) is 1.92. The van der Waals surface area contributed by atoms with Crippen LogP contribution in [0, 0.1) is 5.82 Å². The van der Waals surface area contributed by atoms with Crippen LogP contribution in [0.15, 0.2) is 36.4 Å². The summed E-state index contributed by atoms with van der Waals surface area (Å²) >= 11 is 0. The highest BCUT2D eigenvalue weighted by molar-refractivity contribution is 5.51. The maximum Gasteiger partial charge on any atom is 0.213 e. The topological polar surface area (TPSA) is 34.1 Å². The molecule has 0 aliphatic heterocycles. The van der Waals surface area contributed by atoms with Crippen LogP contribution in [0.25, 0.3) is 0 Å². The quantitative estimate of drug-likeness (QED) is 0.896. The van der Waals surface area contributed by atoms with Crippen molar-refractivity contribution in [2.75, 3.05) is 12.4 Å². The lowest BCUT2D eigenvalue weighted by Gasteiger charge is -2.12. The van der Waals surface area contributed by atoms with Crippen molar-refractivity contribution < 1.29 is 9.13 Å². The molecule has 0 fully saturated rings. The minimum atomic E-state index is -0.281. The fraction of sp³-hybridized carbons (Fsp3) is 0.312. The number of halogens is 1. The van der Waals surface area contributed by atoms with Gasteiger partial charge in [0.15, 0.2) is 0 Å². The summed E-state index contributed by atoms with van der Waals surface area (Å²) in [6.07, 6.45) is 0. The molecule has 0 saturated carbocycles. The molecular formula is C16H19FN2O. The van der Waals surface area contributed by atoms with Gasteiger partial charge in [-0.25, -0.2) is 9.37 Å². The van der Waals surface area contributed by atoms with E-state index in [1.165, 1.54) is 6.07 Å². The highest BCUT2D eigenvalue weighted by Gasteiger charge is 2.09. The molecule has 1 N–H and O–H groups in total. The first-order valence-corrected chi connectivity index (χ1v) is 6.66. The van der Waals surface area contributed by atoms with Gasteiger partial charge in [-0.3, -0.25) is 0 Å². The minimum absolute atomic E-state index is 0.150. The Balaban J connectivity index is 2.15. The fourth-order valence-electron chi connectivity index (χ4n) is 1.92. The highest BCUT2D eigenvalue weighted by atomic mass is 19.1. The molecule has 0 amide bonds. The average Bonchev–Trinajstić information content (AvgIpc) is 2.46. The number of hydrogen-bond donors (Lipinski definition) is 1. The molecular weight excluding hydrogens is 255 g/mol. The van der Waals surface area contributed by atoms with Crippen molar-refractivity contribution in [3.8, 4) is 5.88 Å².